The Morgan fingerprint density at radius 3 is 2.47 bits per heavy atom. The van der Waals surface area contributed by atoms with Crippen LogP contribution in [0.2, 0.25) is 0 Å². The van der Waals surface area contributed by atoms with Gasteiger partial charge in [-0.05, 0) is 36.6 Å². The number of likely N-dealkylation sites (tertiary alicyclic amines) is 1. The van der Waals surface area contributed by atoms with Gasteiger partial charge < -0.3 is 20.1 Å². The minimum Gasteiger partial charge on any atom is -0.441 e. The smallest absolute Gasteiger partial charge is 0.421 e. The molecular formula is C26H27F5N4O3. The fourth-order valence-corrected chi connectivity index (χ4v) is 4.85. The van der Waals surface area contributed by atoms with Crippen molar-refractivity contribution in [2.75, 3.05) is 31.6 Å². The van der Waals surface area contributed by atoms with Gasteiger partial charge in [0.1, 0.15) is 11.8 Å². The molecule has 2 aromatic rings. The number of carbonyl (C=O) groups excluding carboxylic acids is 1. The molecule has 0 aliphatic carbocycles. The maximum absolute atomic E-state index is 13.9. The number of ether oxygens (including phenoxy) is 2. The SMILES string of the molecule is O=C(Nc1ccc(CN2CC(F)(F)C2)cc1)NC1CCCN=C1Oc1ccccc1C1(C(F)(F)F)CCO1. The third-order valence-corrected chi connectivity index (χ3v) is 6.85. The molecule has 0 bridgehead atoms. The molecule has 2 amide bonds. The first kappa shape index (κ1) is 26.4. The van der Waals surface area contributed by atoms with Gasteiger partial charge in [0.2, 0.25) is 5.90 Å². The van der Waals surface area contributed by atoms with Crippen molar-refractivity contribution in [1.82, 2.24) is 10.2 Å². The van der Waals surface area contributed by atoms with Crippen LogP contribution in [0.1, 0.15) is 30.4 Å². The molecule has 2 N–H and O–H groups in total. The van der Waals surface area contributed by atoms with Crippen molar-refractivity contribution in [2.24, 2.45) is 4.99 Å². The number of aliphatic imine (C=N–C) groups is 1. The number of alkyl halides is 5. The molecule has 7 nitrogen and oxygen atoms in total. The number of benzene rings is 2. The number of halogens is 5. The first-order valence-electron chi connectivity index (χ1n) is 12.3. The summed E-state index contributed by atoms with van der Waals surface area (Å²) in [6.07, 6.45) is -3.67. The third kappa shape index (κ3) is 5.46. The van der Waals surface area contributed by atoms with Crippen molar-refractivity contribution >= 4 is 17.6 Å². The molecule has 12 heteroatoms. The van der Waals surface area contributed by atoms with Crippen LogP contribution in [0.5, 0.6) is 5.75 Å². The lowest BCUT2D eigenvalue weighted by Crippen LogP contribution is -2.55. The van der Waals surface area contributed by atoms with E-state index in [1.807, 2.05) is 0 Å². The highest BCUT2D eigenvalue weighted by Crippen LogP contribution is 2.52. The van der Waals surface area contributed by atoms with Crippen LogP contribution in [0.15, 0.2) is 53.5 Å². The predicted molar refractivity (Wildman–Crippen MR) is 130 cm³/mol. The predicted octanol–water partition coefficient (Wildman–Crippen LogP) is 5.08. The summed E-state index contributed by atoms with van der Waals surface area (Å²) >= 11 is 0. The summed E-state index contributed by atoms with van der Waals surface area (Å²) in [6.45, 7) is 0.273. The molecular weight excluding hydrogens is 511 g/mol. The molecule has 2 atom stereocenters. The Bertz CT molecular complexity index is 1190. The van der Waals surface area contributed by atoms with Crippen LogP contribution in [0.4, 0.5) is 32.4 Å². The number of anilines is 1. The number of nitrogens with zero attached hydrogens (tertiary/aromatic N) is 2. The number of rotatable bonds is 6. The molecule has 3 aliphatic heterocycles. The Balaban J connectivity index is 1.21. The van der Waals surface area contributed by atoms with Crippen molar-refractivity contribution in [1.29, 1.82) is 0 Å². The summed E-state index contributed by atoms with van der Waals surface area (Å²) < 4.78 is 78.6. The first-order chi connectivity index (χ1) is 18.0. The van der Waals surface area contributed by atoms with Crippen molar-refractivity contribution in [2.45, 2.75) is 49.5 Å². The van der Waals surface area contributed by atoms with Crippen LogP contribution < -0.4 is 15.4 Å². The van der Waals surface area contributed by atoms with E-state index in [9.17, 15) is 26.7 Å². The number of hydrogen-bond donors (Lipinski definition) is 2. The molecule has 0 aromatic heterocycles. The van der Waals surface area contributed by atoms with Gasteiger partial charge in [-0.1, -0.05) is 30.3 Å². The van der Waals surface area contributed by atoms with Gasteiger partial charge in [0.15, 0.2) is 5.60 Å². The Labute approximate surface area is 216 Å². The van der Waals surface area contributed by atoms with Crippen LogP contribution in [0, 0.1) is 0 Å². The Kier molecular flexibility index (Phi) is 7.03. The molecule has 3 aliphatic rings. The van der Waals surface area contributed by atoms with Crippen LogP contribution >= 0.6 is 0 Å². The lowest BCUT2D eigenvalue weighted by molar-refractivity contribution is -0.333. The molecule has 0 radical (unpaired) electrons. The number of hydrogen-bond acceptors (Lipinski definition) is 5. The van der Waals surface area contributed by atoms with E-state index in [0.29, 0.717) is 31.6 Å². The van der Waals surface area contributed by atoms with Gasteiger partial charge >= 0.3 is 12.2 Å². The standard InChI is InChI=1S/C26H27F5N4O3/c27-24(28)15-35(16-24)14-17-7-9-18(10-8-17)33-23(36)34-20-5-3-12-32-22(20)38-21-6-2-1-4-19(21)25(11-13-37-25)26(29,30)31/h1-2,4,6-10,20H,3,5,11-16H2,(H2,33,34,36). The van der Waals surface area contributed by atoms with E-state index >= 15 is 0 Å². The van der Waals surface area contributed by atoms with Gasteiger partial charge in [-0.3, -0.25) is 9.89 Å². The topological polar surface area (TPSA) is 75.2 Å². The van der Waals surface area contributed by atoms with Gasteiger partial charge in [0.25, 0.3) is 5.92 Å². The van der Waals surface area contributed by atoms with E-state index in [1.165, 1.54) is 18.2 Å². The Morgan fingerprint density at radius 1 is 1.13 bits per heavy atom. The number of urea groups is 1. The highest BCUT2D eigenvalue weighted by molar-refractivity contribution is 5.94. The van der Waals surface area contributed by atoms with Crippen molar-refractivity contribution in [3.63, 3.8) is 0 Å². The summed E-state index contributed by atoms with van der Waals surface area (Å²) in [5.74, 6) is -2.53. The molecule has 204 valence electrons. The van der Waals surface area contributed by atoms with E-state index < -0.39 is 29.8 Å². The maximum atomic E-state index is 13.9. The molecule has 0 saturated carbocycles. The molecule has 38 heavy (non-hydrogen) atoms. The normalized spacial score (nSPS) is 25.0. The lowest BCUT2D eigenvalue weighted by Gasteiger charge is -2.43. The number of amides is 2. The summed E-state index contributed by atoms with van der Waals surface area (Å²) in [5, 5.41) is 5.48. The second-order valence-electron chi connectivity index (χ2n) is 9.73. The molecule has 2 saturated heterocycles. The van der Waals surface area contributed by atoms with E-state index in [0.717, 1.165) is 5.56 Å². The quantitative estimate of drug-likeness (QED) is 0.504. The fourth-order valence-electron chi connectivity index (χ4n) is 4.85. The zero-order valence-electron chi connectivity index (χ0n) is 20.4. The molecule has 2 aromatic carbocycles. The molecule has 3 heterocycles. The summed E-state index contributed by atoms with van der Waals surface area (Å²) in [6, 6.07) is 11.5. The second kappa shape index (κ2) is 10.1. The zero-order valence-corrected chi connectivity index (χ0v) is 20.4. The second-order valence-corrected chi connectivity index (χ2v) is 9.73. The molecule has 5 rings (SSSR count). The fraction of sp³-hybridized carbons (Fsp3) is 0.462. The average molecular weight is 539 g/mol. The summed E-state index contributed by atoms with van der Waals surface area (Å²) in [5.41, 5.74) is -1.22. The number of nitrogens with one attached hydrogen (secondary N) is 2. The van der Waals surface area contributed by atoms with Gasteiger partial charge in [-0.15, -0.1) is 0 Å². The van der Waals surface area contributed by atoms with E-state index in [4.69, 9.17) is 9.47 Å². The Hall–Kier alpha value is -3.25. The maximum Gasteiger partial charge on any atom is 0.421 e. The van der Waals surface area contributed by atoms with Gasteiger partial charge in [0.05, 0.1) is 19.7 Å². The minimum atomic E-state index is -4.62. The molecule has 2 unspecified atom stereocenters. The number of carbonyl (C=O) groups is 1. The van der Waals surface area contributed by atoms with Crippen molar-refractivity contribution in [3.8, 4) is 5.75 Å². The number of para-hydroxylation sites is 1. The largest absolute Gasteiger partial charge is 0.441 e. The lowest BCUT2D eigenvalue weighted by atomic mass is 9.85. The van der Waals surface area contributed by atoms with Crippen molar-refractivity contribution < 1.29 is 36.2 Å². The average Bonchev–Trinajstić information content (AvgIpc) is 2.80. The van der Waals surface area contributed by atoms with Crippen LogP contribution in [-0.4, -0.2) is 61.2 Å². The van der Waals surface area contributed by atoms with Crippen molar-refractivity contribution in [3.05, 3.63) is 59.7 Å². The first-order valence-corrected chi connectivity index (χ1v) is 12.3. The molecule has 2 fully saturated rings. The Morgan fingerprint density at radius 2 is 1.84 bits per heavy atom. The van der Waals surface area contributed by atoms with Gasteiger partial charge in [-0.25, -0.2) is 13.6 Å². The highest BCUT2D eigenvalue weighted by Gasteiger charge is 2.62. The highest BCUT2D eigenvalue weighted by atomic mass is 19.4. The summed E-state index contributed by atoms with van der Waals surface area (Å²) in [7, 11) is 0. The van der Waals surface area contributed by atoms with E-state index in [1.54, 1.807) is 35.2 Å². The monoisotopic (exact) mass is 538 g/mol. The minimum absolute atomic E-state index is 0.00564. The molecule has 0 spiro atoms. The van der Waals surface area contributed by atoms with Crippen LogP contribution in [-0.2, 0) is 16.9 Å². The van der Waals surface area contributed by atoms with E-state index in [2.05, 4.69) is 15.6 Å². The van der Waals surface area contributed by atoms with Crippen LogP contribution in [0.25, 0.3) is 0 Å². The van der Waals surface area contributed by atoms with Gasteiger partial charge in [0, 0.05) is 30.8 Å². The van der Waals surface area contributed by atoms with Crippen LogP contribution in [0.3, 0.4) is 0 Å². The third-order valence-electron chi connectivity index (χ3n) is 6.85. The summed E-state index contributed by atoms with van der Waals surface area (Å²) in [4.78, 5) is 18.6. The zero-order chi connectivity index (χ0) is 27.0. The van der Waals surface area contributed by atoms with Gasteiger partial charge in [-0.2, -0.15) is 13.2 Å². The van der Waals surface area contributed by atoms with E-state index in [-0.39, 0.29) is 43.3 Å².